The Morgan fingerprint density at radius 1 is 1.33 bits per heavy atom. The summed E-state index contributed by atoms with van der Waals surface area (Å²) in [5.41, 5.74) is 0.595. The van der Waals surface area contributed by atoms with E-state index in [0.717, 1.165) is 17.8 Å². The van der Waals surface area contributed by atoms with Crippen LogP contribution in [0.3, 0.4) is 0 Å². The number of hydrogen-bond acceptors (Lipinski definition) is 1. The maximum Gasteiger partial charge on any atom is 0.416 e. The number of H-pyrrole nitrogens is 1. The zero-order chi connectivity index (χ0) is 13.3. The minimum atomic E-state index is -4.35. The summed E-state index contributed by atoms with van der Waals surface area (Å²) in [6.45, 7) is 1.92. The summed E-state index contributed by atoms with van der Waals surface area (Å²) in [7, 11) is 0. The first kappa shape index (κ1) is 12.9. The normalized spacial score (nSPS) is 11.8. The minimum Gasteiger partial charge on any atom is -0.337 e. The number of aromatic nitrogens is 2. The van der Waals surface area contributed by atoms with Gasteiger partial charge < -0.3 is 4.98 Å². The van der Waals surface area contributed by atoms with Crippen LogP contribution in [0, 0.1) is 4.77 Å². The smallest absolute Gasteiger partial charge is 0.337 e. The third-order valence-electron chi connectivity index (χ3n) is 2.65. The Hall–Kier alpha value is -1.56. The van der Waals surface area contributed by atoms with Crippen LogP contribution in [0.5, 0.6) is 0 Å². The second kappa shape index (κ2) is 4.61. The Morgan fingerprint density at radius 3 is 2.67 bits per heavy atom. The lowest BCUT2D eigenvalue weighted by molar-refractivity contribution is -0.137. The van der Waals surface area contributed by atoms with Gasteiger partial charge in [0.25, 0.3) is 0 Å². The van der Waals surface area contributed by atoms with Gasteiger partial charge in [0.2, 0.25) is 0 Å². The van der Waals surface area contributed by atoms with Crippen molar-refractivity contribution in [3.05, 3.63) is 46.5 Å². The fourth-order valence-corrected chi connectivity index (χ4v) is 2.05. The third kappa shape index (κ3) is 2.33. The molecule has 0 amide bonds. The largest absolute Gasteiger partial charge is 0.416 e. The van der Waals surface area contributed by atoms with Crippen LogP contribution in [-0.2, 0) is 12.6 Å². The summed E-state index contributed by atoms with van der Waals surface area (Å²) < 4.78 is 40.0. The number of nitrogens with one attached hydrogen (secondary N) is 1. The van der Waals surface area contributed by atoms with E-state index in [1.165, 1.54) is 6.07 Å². The number of aromatic amines is 1. The molecule has 1 aromatic carbocycles. The van der Waals surface area contributed by atoms with E-state index in [0.29, 0.717) is 16.9 Å². The van der Waals surface area contributed by atoms with Crippen LogP contribution < -0.4 is 0 Å². The Bertz CT molecular complexity index is 610. The SMILES string of the molecule is CCc1c[nH]c(=S)n1-c1cccc(C(F)(F)F)c1. The molecular formula is C12H11F3N2S. The molecule has 0 aliphatic rings. The number of hydrogen-bond donors (Lipinski definition) is 1. The van der Waals surface area contributed by atoms with E-state index in [-0.39, 0.29) is 0 Å². The first-order valence-corrected chi connectivity index (χ1v) is 5.81. The Labute approximate surface area is 107 Å². The van der Waals surface area contributed by atoms with Crippen LogP contribution in [0.4, 0.5) is 13.2 Å². The van der Waals surface area contributed by atoms with Crippen LogP contribution in [0.15, 0.2) is 30.5 Å². The molecule has 0 fully saturated rings. The number of nitrogens with zero attached hydrogens (tertiary/aromatic N) is 1. The predicted octanol–water partition coefficient (Wildman–Crippen LogP) is 4.12. The molecule has 1 aromatic heterocycles. The van der Waals surface area contributed by atoms with Crippen molar-refractivity contribution in [2.45, 2.75) is 19.5 Å². The molecule has 1 N–H and O–H groups in total. The van der Waals surface area contributed by atoms with Gasteiger partial charge in [-0.1, -0.05) is 13.0 Å². The van der Waals surface area contributed by atoms with Gasteiger partial charge in [-0.25, -0.2) is 0 Å². The van der Waals surface area contributed by atoms with Gasteiger partial charge in [-0.2, -0.15) is 13.2 Å². The van der Waals surface area contributed by atoms with Crippen molar-refractivity contribution in [2.75, 3.05) is 0 Å². The van der Waals surface area contributed by atoms with E-state index in [9.17, 15) is 13.2 Å². The molecule has 0 aliphatic carbocycles. The predicted molar refractivity (Wildman–Crippen MR) is 65.3 cm³/mol. The first-order valence-electron chi connectivity index (χ1n) is 5.40. The molecule has 0 radical (unpaired) electrons. The van der Waals surface area contributed by atoms with Gasteiger partial charge in [-0.15, -0.1) is 0 Å². The average Bonchev–Trinajstić information content (AvgIpc) is 2.69. The summed E-state index contributed by atoms with van der Waals surface area (Å²) in [5, 5.41) is 0. The van der Waals surface area contributed by atoms with Crippen molar-refractivity contribution in [1.82, 2.24) is 9.55 Å². The molecule has 0 aliphatic heterocycles. The lowest BCUT2D eigenvalue weighted by Crippen LogP contribution is -2.07. The molecule has 2 nitrogen and oxygen atoms in total. The lowest BCUT2D eigenvalue weighted by atomic mass is 10.2. The monoisotopic (exact) mass is 272 g/mol. The minimum absolute atomic E-state index is 0.395. The zero-order valence-corrected chi connectivity index (χ0v) is 10.4. The molecule has 96 valence electrons. The molecule has 2 aromatic rings. The second-order valence-corrected chi connectivity index (χ2v) is 4.21. The van der Waals surface area contributed by atoms with Crippen molar-refractivity contribution < 1.29 is 13.2 Å². The first-order chi connectivity index (χ1) is 8.43. The van der Waals surface area contributed by atoms with Gasteiger partial charge in [0, 0.05) is 17.6 Å². The highest BCUT2D eigenvalue weighted by Crippen LogP contribution is 2.30. The Kier molecular flexibility index (Phi) is 3.30. The highest BCUT2D eigenvalue weighted by molar-refractivity contribution is 7.71. The number of alkyl halides is 3. The van der Waals surface area contributed by atoms with E-state index in [1.54, 1.807) is 16.8 Å². The van der Waals surface area contributed by atoms with E-state index >= 15 is 0 Å². The molecule has 2 rings (SSSR count). The molecular weight excluding hydrogens is 261 g/mol. The van der Waals surface area contributed by atoms with Gasteiger partial charge in [-0.3, -0.25) is 4.57 Å². The number of rotatable bonds is 2. The quantitative estimate of drug-likeness (QED) is 0.816. The second-order valence-electron chi connectivity index (χ2n) is 3.82. The van der Waals surface area contributed by atoms with Gasteiger partial charge >= 0.3 is 6.18 Å². The van der Waals surface area contributed by atoms with Crippen molar-refractivity contribution in [3.8, 4) is 5.69 Å². The highest BCUT2D eigenvalue weighted by atomic mass is 32.1. The average molecular weight is 272 g/mol. The van der Waals surface area contributed by atoms with Crippen molar-refractivity contribution >= 4 is 12.2 Å². The highest BCUT2D eigenvalue weighted by Gasteiger charge is 2.30. The van der Waals surface area contributed by atoms with Gasteiger partial charge in [0.05, 0.1) is 5.56 Å². The van der Waals surface area contributed by atoms with E-state index in [4.69, 9.17) is 12.2 Å². The molecule has 0 saturated carbocycles. The van der Waals surface area contributed by atoms with Crippen LogP contribution in [-0.4, -0.2) is 9.55 Å². The summed E-state index contributed by atoms with van der Waals surface area (Å²) in [5.74, 6) is 0. The fourth-order valence-electron chi connectivity index (χ4n) is 1.77. The van der Waals surface area contributed by atoms with Crippen LogP contribution in [0.2, 0.25) is 0 Å². The third-order valence-corrected chi connectivity index (χ3v) is 2.95. The molecule has 0 atom stereocenters. The Morgan fingerprint density at radius 2 is 2.06 bits per heavy atom. The molecule has 1 heterocycles. The lowest BCUT2D eigenvalue weighted by Gasteiger charge is -2.11. The van der Waals surface area contributed by atoms with E-state index in [1.807, 2.05) is 6.92 Å². The van der Waals surface area contributed by atoms with Crippen molar-refractivity contribution in [2.24, 2.45) is 0 Å². The maximum absolute atomic E-state index is 12.6. The van der Waals surface area contributed by atoms with E-state index in [2.05, 4.69) is 4.98 Å². The standard InChI is InChI=1S/C12H11F3N2S/c1-2-9-7-16-11(18)17(9)10-5-3-4-8(6-10)12(13,14)15/h3-7H,2H2,1H3,(H,16,18). The van der Waals surface area contributed by atoms with Crippen LogP contribution in [0.1, 0.15) is 18.2 Å². The van der Waals surface area contributed by atoms with Gasteiger partial charge in [0.15, 0.2) is 4.77 Å². The summed E-state index contributed by atoms with van der Waals surface area (Å²) in [6.07, 6.45) is -1.95. The molecule has 6 heteroatoms. The molecule has 0 saturated heterocycles. The van der Waals surface area contributed by atoms with Gasteiger partial charge in [-0.05, 0) is 36.8 Å². The number of halogens is 3. The van der Waals surface area contributed by atoms with Gasteiger partial charge in [0.1, 0.15) is 0 Å². The van der Waals surface area contributed by atoms with Crippen LogP contribution >= 0.6 is 12.2 Å². The Balaban J connectivity index is 2.58. The number of imidazole rings is 1. The summed E-state index contributed by atoms with van der Waals surface area (Å²) in [6, 6.07) is 5.14. The summed E-state index contributed by atoms with van der Waals surface area (Å²) >= 11 is 5.08. The fraction of sp³-hybridized carbons (Fsp3) is 0.250. The molecule has 0 spiro atoms. The van der Waals surface area contributed by atoms with Crippen molar-refractivity contribution in [1.29, 1.82) is 0 Å². The van der Waals surface area contributed by atoms with E-state index < -0.39 is 11.7 Å². The van der Waals surface area contributed by atoms with Crippen LogP contribution in [0.25, 0.3) is 5.69 Å². The number of benzene rings is 1. The molecule has 0 unspecified atom stereocenters. The van der Waals surface area contributed by atoms with Crippen molar-refractivity contribution in [3.63, 3.8) is 0 Å². The number of aryl methyl sites for hydroxylation is 1. The molecule has 0 bridgehead atoms. The topological polar surface area (TPSA) is 20.7 Å². The zero-order valence-electron chi connectivity index (χ0n) is 9.58. The maximum atomic E-state index is 12.6. The summed E-state index contributed by atoms with van der Waals surface area (Å²) in [4.78, 5) is 2.84. The molecule has 18 heavy (non-hydrogen) atoms.